The second-order valence-corrected chi connectivity index (χ2v) is 12.6. The van der Waals surface area contributed by atoms with Crippen molar-refractivity contribution in [2.45, 2.75) is 26.3 Å². The van der Waals surface area contributed by atoms with Gasteiger partial charge in [-0.3, -0.25) is 18.8 Å². The van der Waals surface area contributed by atoms with Gasteiger partial charge in [-0.25, -0.2) is 9.50 Å². The molecule has 2 aromatic carbocycles. The maximum atomic E-state index is 14.5. The van der Waals surface area contributed by atoms with E-state index in [1.165, 1.54) is 0 Å². The SMILES string of the molecule is Cc1nn2cccnc2c1C(=O)N[C@H](C)c1cc2cccc(C#Cc3cnn(C)c3CCN3CCN(C)CC3)c2c(=O)n1-c1ccccc1. The molecule has 11 nitrogen and oxygen atoms in total. The Morgan fingerprint density at radius 2 is 1.76 bits per heavy atom. The summed E-state index contributed by atoms with van der Waals surface area (Å²) in [6.07, 6.45) is 6.05. The van der Waals surface area contributed by atoms with Crippen LogP contribution in [0.2, 0.25) is 0 Å². The first-order valence-corrected chi connectivity index (χ1v) is 16.6. The summed E-state index contributed by atoms with van der Waals surface area (Å²) < 4.78 is 5.17. The van der Waals surface area contributed by atoms with Gasteiger partial charge < -0.3 is 15.1 Å². The van der Waals surface area contributed by atoms with E-state index in [1.807, 2.05) is 79.4 Å². The van der Waals surface area contributed by atoms with Gasteiger partial charge in [0.1, 0.15) is 5.56 Å². The predicted molar refractivity (Wildman–Crippen MR) is 190 cm³/mol. The fourth-order valence-corrected chi connectivity index (χ4v) is 6.59. The Balaban J connectivity index is 1.25. The van der Waals surface area contributed by atoms with E-state index in [1.54, 1.807) is 34.5 Å². The number of para-hydroxylation sites is 1. The summed E-state index contributed by atoms with van der Waals surface area (Å²) in [5.74, 6) is 6.35. The van der Waals surface area contributed by atoms with Gasteiger partial charge in [0.05, 0.1) is 34.6 Å². The topological polar surface area (TPSA) is 106 Å². The van der Waals surface area contributed by atoms with E-state index >= 15 is 0 Å². The summed E-state index contributed by atoms with van der Waals surface area (Å²) in [6.45, 7) is 8.87. The van der Waals surface area contributed by atoms with E-state index in [9.17, 15) is 9.59 Å². The second-order valence-electron chi connectivity index (χ2n) is 12.6. The number of likely N-dealkylation sites (N-methyl/N-ethyl adjacent to an activating group) is 1. The standard InChI is InChI=1S/C38H39N9O2/c1-26(41-37(48)34-27(2)42-46-18-9-17-39-36(34)46)33-24-29-11-8-10-28(35(29)38(49)47(33)31-12-6-5-7-13-31)14-15-30-25-40-44(4)32(30)16-19-45-22-20-43(3)21-23-45/h5-13,17-18,24-26H,16,19-23H2,1-4H3,(H,41,48)/t26-/m1/s1. The average Bonchev–Trinajstić information content (AvgIpc) is 3.64. The van der Waals surface area contributed by atoms with E-state index in [0.717, 1.165) is 55.8 Å². The molecule has 1 fully saturated rings. The first-order chi connectivity index (χ1) is 23.8. The molecule has 4 aromatic heterocycles. The van der Waals surface area contributed by atoms with Gasteiger partial charge >= 0.3 is 0 Å². The van der Waals surface area contributed by atoms with Crippen LogP contribution in [0.1, 0.15) is 51.5 Å². The smallest absolute Gasteiger partial charge is 0.264 e. The third kappa shape index (κ3) is 6.36. The third-order valence-corrected chi connectivity index (χ3v) is 9.33. The zero-order valence-corrected chi connectivity index (χ0v) is 28.2. The Labute approximate surface area is 284 Å². The quantitative estimate of drug-likeness (QED) is 0.262. The molecule has 1 aliphatic heterocycles. The van der Waals surface area contributed by atoms with Crippen LogP contribution < -0.4 is 10.9 Å². The van der Waals surface area contributed by atoms with Crippen LogP contribution in [0.25, 0.3) is 22.1 Å². The van der Waals surface area contributed by atoms with Gasteiger partial charge in [0.25, 0.3) is 11.5 Å². The van der Waals surface area contributed by atoms with E-state index < -0.39 is 6.04 Å². The summed E-state index contributed by atoms with van der Waals surface area (Å²) in [7, 11) is 4.12. The van der Waals surface area contributed by atoms with Crippen LogP contribution in [0.15, 0.2) is 84.0 Å². The summed E-state index contributed by atoms with van der Waals surface area (Å²) in [6, 6.07) is 18.4. The van der Waals surface area contributed by atoms with Crippen molar-refractivity contribution >= 4 is 22.3 Å². The highest BCUT2D eigenvalue weighted by Crippen LogP contribution is 2.24. The first kappa shape index (κ1) is 32.0. The highest BCUT2D eigenvalue weighted by Gasteiger charge is 2.23. The van der Waals surface area contributed by atoms with Crippen LogP contribution in [0.4, 0.5) is 0 Å². The Hall–Kier alpha value is -5.57. The van der Waals surface area contributed by atoms with E-state index in [0.29, 0.717) is 39.2 Å². The van der Waals surface area contributed by atoms with Crippen LogP contribution >= 0.6 is 0 Å². The number of carbonyl (C=O) groups is 1. The molecule has 0 aliphatic carbocycles. The fourth-order valence-electron chi connectivity index (χ4n) is 6.59. The van der Waals surface area contributed by atoms with Crippen LogP contribution in [-0.4, -0.2) is 84.4 Å². The molecule has 5 heterocycles. The first-order valence-electron chi connectivity index (χ1n) is 16.6. The minimum absolute atomic E-state index is 0.208. The zero-order chi connectivity index (χ0) is 34.1. The number of aryl methyl sites for hydroxylation is 2. The number of piperazine rings is 1. The molecule has 1 aliphatic rings. The lowest BCUT2D eigenvalue weighted by Gasteiger charge is -2.32. The van der Waals surface area contributed by atoms with Crippen LogP contribution in [0, 0.1) is 18.8 Å². The molecule has 0 bridgehead atoms. The van der Waals surface area contributed by atoms with Crippen molar-refractivity contribution in [2.24, 2.45) is 7.05 Å². The van der Waals surface area contributed by atoms with Gasteiger partial charge in [0.15, 0.2) is 5.65 Å². The van der Waals surface area contributed by atoms with Crippen LogP contribution in [-0.2, 0) is 13.5 Å². The van der Waals surface area contributed by atoms with Crippen molar-refractivity contribution in [1.29, 1.82) is 0 Å². The Bertz CT molecular complexity index is 2280. The molecule has 1 atom stereocenters. The van der Waals surface area contributed by atoms with Gasteiger partial charge in [-0.2, -0.15) is 10.2 Å². The number of carbonyl (C=O) groups excluding carboxylic acids is 1. The number of fused-ring (bicyclic) bond motifs is 2. The number of hydrogen-bond donors (Lipinski definition) is 1. The van der Waals surface area contributed by atoms with Gasteiger partial charge in [0.2, 0.25) is 0 Å². The van der Waals surface area contributed by atoms with Crippen molar-refractivity contribution in [3.8, 4) is 17.5 Å². The number of aromatic nitrogens is 6. The van der Waals surface area contributed by atoms with E-state index in [-0.39, 0.29) is 11.5 Å². The normalized spacial score (nSPS) is 14.5. The zero-order valence-electron chi connectivity index (χ0n) is 28.2. The number of benzene rings is 2. The molecule has 1 amide bonds. The van der Waals surface area contributed by atoms with Gasteiger partial charge in [-0.05, 0) is 56.6 Å². The van der Waals surface area contributed by atoms with Gasteiger partial charge in [-0.1, -0.05) is 42.2 Å². The number of hydrogen-bond acceptors (Lipinski definition) is 7. The molecule has 0 radical (unpaired) electrons. The molecule has 248 valence electrons. The summed E-state index contributed by atoms with van der Waals surface area (Å²) >= 11 is 0. The lowest BCUT2D eigenvalue weighted by Crippen LogP contribution is -2.45. The monoisotopic (exact) mass is 653 g/mol. The molecular weight excluding hydrogens is 614 g/mol. The van der Waals surface area contributed by atoms with E-state index in [4.69, 9.17) is 0 Å². The largest absolute Gasteiger partial charge is 0.344 e. The molecule has 0 spiro atoms. The second kappa shape index (κ2) is 13.5. The minimum atomic E-state index is -0.532. The number of amides is 1. The molecule has 6 aromatic rings. The minimum Gasteiger partial charge on any atom is -0.344 e. The van der Waals surface area contributed by atoms with Crippen molar-refractivity contribution in [3.05, 3.63) is 123 Å². The molecule has 1 saturated heterocycles. The van der Waals surface area contributed by atoms with Gasteiger partial charge in [0, 0.05) is 75.5 Å². The fraction of sp³-hybridized carbons (Fsp3) is 0.289. The Kier molecular flexibility index (Phi) is 8.82. The van der Waals surface area contributed by atoms with Crippen molar-refractivity contribution in [1.82, 2.24) is 44.1 Å². The van der Waals surface area contributed by atoms with Crippen LogP contribution in [0.3, 0.4) is 0 Å². The molecule has 0 unspecified atom stereocenters. The molecule has 11 heteroatoms. The average molecular weight is 654 g/mol. The lowest BCUT2D eigenvalue weighted by atomic mass is 10.0. The molecule has 49 heavy (non-hydrogen) atoms. The number of pyridine rings is 1. The Morgan fingerprint density at radius 3 is 2.55 bits per heavy atom. The lowest BCUT2D eigenvalue weighted by molar-refractivity contribution is 0.0939. The molecule has 7 rings (SSSR count). The molecule has 0 saturated carbocycles. The predicted octanol–water partition coefficient (Wildman–Crippen LogP) is 3.76. The van der Waals surface area contributed by atoms with Crippen molar-refractivity contribution in [2.75, 3.05) is 39.8 Å². The number of rotatable bonds is 7. The maximum Gasteiger partial charge on any atom is 0.264 e. The number of nitrogens with one attached hydrogen (secondary N) is 1. The molecular formula is C38H39N9O2. The highest BCUT2D eigenvalue weighted by molar-refractivity contribution is 6.01. The third-order valence-electron chi connectivity index (χ3n) is 9.33. The highest BCUT2D eigenvalue weighted by atomic mass is 16.2. The van der Waals surface area contributed by atoms with Crippen molar-refractivity contribution in [3.63, 3.8) is 0 Å². The Morgan fingerprint density at radius 1 is 0.980 bits per heavy atom. The van der Waals surface area contributed by atoms with E-state index in [2.05, 4.69) is 49.2 Å². The maximum absolute atomic E-state index is 14.5. The summed E-state index contributed by atoms with van der Waals surface area (Å²) in [5, 5.41) is 13.3. The summed E-state index contributed by atoms with van der Waals surface area (Å²) in [5.41, 5.74) is 5.15. The summed E-state index contributed by atoms with van der Waals surface area (Å²) in [4.78, 5) is 37.4. The molecule has 1 N–H and O–H groups in total. The van der Waals surface area contributed by atoms with Gasteiger partial charge in [-0.15, -0.1) is 0 Å². The van der Waals surface area contributed by atoms with Crippen LogP contribution in [0.5, 0.6) is 0 Å². The number of nitrogens with zero attached hydrogens (tertiary/aromatic N) is 8. The van der Waals surface area contributed by atoms with Crippen molar-refractivity contribution < 1.29 is 4.79 Å².